The Labute approximate surface area is 136 Å². The van der Waals surface area contributed by atoms with Gasteiger partial charge in [0.25, 0.3) is 0 Å². The highest BCUT2D eigenvalue weighted by atomic mass is 35.5. The number of carbonyl (C=O) groups excluding carboxylic acids is 1. The fourth-order valence-corrected chi connectivity index (χ4v) is 1.91. The molecule has 1 aromatic rings. The number of nitrogens with zero attached hydrogens (tertiary/aromatic N) is 1. The lowest BCUT2D eigenvalue weighted by molar-refractivity contribution is -0.116. The first kappa shape index (κ1) is 18.3. The highest BCUT2D eigenvalue weighted by Crippen LogP contribution is 2.13. The number of carbonyl (C=O) groups is 1. The number of nitrogens with one attached hydrogen (secondary N) is 2. The van der Waals surface area contributed by atoms with E-state index >= 15 is 0 Å². The summed E-state index contributed by atoms with van der Waals surface area (Å²) in [5, 5.41) is 6.44. The van der Waals surface area contributed by atoms with Crippen LogP contribution in [0.25, 0.3) is 0 Å². The Bertz CT molecular complexity index is 491. The molecule has 0 aliphatic carbocycles. The van der Waals surface area contributed by atoms with Crippen LogP contribution < -0.4 is 16.4 Å². The summed E-state index contributed by atoms with van der Waals surface area (Å²) in [6, 6.07) is 7.08. The Morgan fingerprint density at radius 1 is 1.41 bits per heavy atom. The van der Waals surface area contributed by atoms with E-state index in [1.165, 1.54) is 0 Å². The first-order valence-corrected chi connectivity index (χ1v) is 7.50. The van der Waals surface area contributed by atoms with Crippen molar-refractivity contribution < 1.29 is 9.53 Å². The molecule has 1 atom stereocenters. The molecule has 22 heavy (non-hydrogen) atoms. The number of methoxy groups -OCH3 is 1. The van der Waals surface area contributed by atoms with Gasteiger partial charge in [-0.15, -0.1) is 0 Å². The number of nitrogens with two attached hydrogens (primary N) is 1. The minimum Gasteiger partial charge on any atom is -0.383 e. The average Bonchev–Trinajstić information content (AvgIpc) is 2.46. The Hall–Kier alpha value is -1.79. The maximum Gasteiger partial charge on any atom is 0.224 e. The SMILES string of the molecule is COCC(C)NC(N)=NCCCC(=O)Nc1ccc(Cl)cc1. The maximum absolute atomic E-state index is 11.7. The molecule has 0 bridgehead atoms. The standard InChI is InChI=1S/C15H23ClN4O2/c1-11(10-22-2)19-15(17)18-9-3-4-14(21)20-13-7-5-12(16)6-8-13/h5-8,11H,3-4,9-10H2,1-2H3,(H,20,21)(H3,17,18,19). The van der Waals surface area contributed by atoms with Crippen LogP contribution in [0.3, 0.4) is 0 Å². The molecule has 0 heterocycles. The van der Waals surface area contributed by atoms with Gasteiger partial charge < -0.3 is 21.1 Å². The summed E-state index contributed by atoms with van der Waals surface area (Å²) in [7, 11) is 1.63. The summed E-state index contributed by atoms with van der Waals surface area (Å²) in [5.74, 6) is 0.305. The first-order valence-electron chi connectivity index (χ1n) is 7.12. The van der Waals surface area contributed by atoms with Crippen molar-refractivity contribution in [3.05, 3.63) is 29.3 Å². The fraction of sp³-hybridized carbons (Fsp3) is 0.467. The molecule has 0 saturated heterocycles. The number of benzene rings is 1. The Kier molecular flexibility index (Phi) is 8.32. The van der Waals surface area contributed by atoms with E-state index in [9.17, 15) is 4.79 Å². The van der Waals surface area contributed by atoms with Crippen molar-refractivity contribution >= 4 is 29.2 Å². The van der Waals surface area contributed by atoms with Crippen molar-refractivity contribution in [2.45, 2.75) is 25.8 Å². The van der Waals surface area contributed by atoms with Crippen molar-refractivity contribution in [2.75, 3.05) is 25.6 Å². The van der Waals surface area contributed by atoms with Crippen LogP contribution in [-0.4, -0.2) is 38.2 Å². The summed E-state index contributed by atoms with van der Waals surface area (Å²) in [6.07, 6.45) is 1.01. The Morgan fingerprint density at radius 3 is 2.73 bits per heavy atom. The largest absolute Gasteiger partial charge is 0.383 e. The second-order valence-corrected chi connectivity index (χ2v) is 5.36. The molecule has 4 N–H and O–H groups in total. The summed E-state index contributed by atoms with van der Waals surface area (Å²) in [6.45, 7) is 3.00. The lowest BCUT2D eigenvalue weighted by atomic mass is 10.2. The van der Waals surface area contributed by atoms with Gasteiger partial charge in [0.1, 0.15) is 0 Å². The van der Waals surface area contributed by atoms with Crippen molar-refractivity contribution in [2.24, 2.45) is 10.7 Å². The van der Waals surface area contributed by atoms with Crippen molar-refractivity contribution in [1.82, 2.24) is 5.32 Å². The van der Waals surface area contributed by atoms with Gasteiger partial charge in [-0.1, -0.05) is 11.6 Å². The molecular formula is C15H23ClN4O2. The number of rotatable bonds is 8. The van der Waals surface area contributed by atoms with Gasteiger partial charge in [-0.2, -0.15) is 0 Å². The Morgan fingerprint density at radius 2 is 2.09 bits per heavy atom. The van der Waals surface area contributed by atoms with Gasteiger partial charge >= 0.3 is 0 Å². The maximum atomic E-state index is 11.7. The van der Waals surface area contributed by atoms with Crippen LogP contribution in [0.15, 0.2) is 29.3 Å². The van der Waals surface area contributed by atoms with Crippen LogP contribution in [-0.2, 0) is 9.53 Å². The van der Waals surface area contributed by atoms with E-state index in [0.717, 1.165) is 5.69 Å². The zero-order chi connectivity index (χ0) is 16.4. The number of ether oxygens (including phenoxy) is 1. The normalized spacial score (nSPS) is 12.8. The minimum absolute atomic E-state index is 0.0585. The second-order valence-electron chi connectivity index (χ2n) is 4.93. The molecule has 0 saturated carbocycles. The van der Waals surface area contributed by atoms with Crippen molar-refractivity contribution in [3.63, 3.8) is 0 Å². The van der Waals surface area contributed by atoms with E-state index in [2.05, 4.69) is 15.6 Å². The van der Waals surface area contributed by atoms with Crippen LogP contribution in [0.4, 0.5) is 5.69 Å². The van der Waals surface area contributed by atoms with Gasteiger partial charge in [0.05, 0.1) is 6.61 Å². The van der Waals surface area contributed by atoms with Crippen molar-refractivity contribution in [3.8, 4) is 0 Å². The molecule has 0 aromatic heterocycles. The van der Waals surface area contributed by atoms with Gasteiger partial charge in [0.15, 0.2) is 5.96 Å². The number of aliphatic imine (C=N–C) groups is 1. The fourth-order valence-electron chi connectivity index (χ4n) is 1.79. The predicted octanol–water partition coefficient (Wildman–Crippen LogP) is 2.00. The van der Waals surface area contributed by atoms with Crippen LogP contribution in [0.1, 0.15) is 19.8 Å². The van der Waals surface area contributed by atoms with E-state index in [-0.39, 0.29) is 11.9 Å². The van der Waals surface area contributed by atoms with E-state index in [1.807, 2.05) is 6.92 Å². The molecule has 7 heteroatoms. The van der Waals surface area contributed by atoms with E-state index in [1.54, 1.807) is 31.4 Å². The molecule has 1 rings (SSSR count). The third-order valence-corrected chi connectivity index (χ3v) is 3.04. The summed E-state index contributed by atoms with van der Waals surface area (Å²) >= 11 is 5.78. The third kappa shape index (κ3) is 7.85. The van der Waals surface area contributed by atoms with Crippen LogP contribution in [0.2, 0.25) is 5.02 Å². The van der Waals surface area contributed by atoms with Crippen molar-refractivity contribution in [1.29, 1.82) is 0 Å². The highest BCUT2D eigenvalue weighted by Gasteiger charge is 2.03. The molecule has 122 valence electrons. The molecule has 6 nitrogen and oxygen atoms in total. The molecule has 1 amide bonds. The van der Waals surface area contributed by atoms with E-state index < -0.39 is 0 Å². The molecule has 1 aromatic carbocycles. The molecule has 0 radical (unpaired) electrons. The second kappa shape index (κ2) is 10.0. The van der Waals surface area contributed by atoms with E-state index in [4.69, 9.17) is 22.1 Å². The van der Waals surface area contributed by atoms with E-state index in [0.29, 0.717) is 37.0 Å². The van der Waals surface area contributed by atoms with Gasteiger partial charge in [-0.05, 0) is 37.6 Å². The summed E-state index contributed by atoms with van der Waals surface area (Å²) in [5.41, 5.74) is 6.46. The topological polar surface area (TPSA) is 88.7 Å². The lowest BCUT2D eigenvalue weighted by Gasteiger charge is -2.12. The lowest BCUT2D eigenvalue weighted by Crippen LogP contribution is -2.40. The first-order chi connectivity index (χ1) is 10.5. The van der Waals surface area contributed by atoms with Gasteiger partial charge in [-0.3, -0.25) is 9.79 Å². The molecule has 0 fully saturated rings. The number of anilines is 1. The molecule has 0 aliphatic heterocycles. The van der Waals surface area contributed by atoms with Gasteiger partial charge in [-0.25, -0.2) is 0 Å². The number of hydrogen-bond donors (Lipinski definition) is 3. The zero-order valence-electron chi connectivity index (χ0n) is 12.9. The summed E-state index contributed by atoms with van der Waals surface area (Å²) in [4.78, 5) is 15.9. The predicted molar refractivity (Wildman–Crippen MR) is 90.3 cm³/mol. The highest BCUT2D eigenvalue weighted by molar-refractivity contribution is 6.30. The van der Waals surface area contributed by atoms with Crippen LogP contribution >= 0.6 is 11.6 Å². The summed E-state index contributed by atoms with van der Waals surface area (Å²) < 4.78 is 4.99. The van der Waals surface area contributed by atoms with Gasteiger partial charge in [0.2, 0.25) is 5.91 Å². The van der Waals surface area contributed by atoms with Crippen LogP contribution in [0, 0.1) is 0 Å². The molecule has 0 aliphatic rings. The Balaban J connectivity index is 2.23. The number of hydrogen-bond acceptors (Lipinski definition) is 3. The van der Waals surface area contributed by atoms with Gasteiger partial charge in [0, 0.05) is 36.8 Å². The van der Waals surface area contributed by atoms with Crippen LogP contribution in [0.5, 0.6) is 0 Å². The third-order valence-electron chi connectivity index (χ3n) is 2.78. The number of amides is 1. The minimum atomic E-state index is -0.0585. The molecule has 0 spiro atoms. The number of halogens is 1. The quantitative estimate of drug-likeness (QED) is 0.387. The molecular weight excluding hydrogens is 304 g/mol. The smallest absolute Gasteiger partial charge is 0.224 e. The number of guanidine groups is 1. The average molecular weight is 327 g/mol. The zero-order valence-corrected chi connectivity index (χ0v) is 13.7. The molecule has 1 unspecified atom stereocenters. The monoisotopic (exact) mass is 326 g/mol.